The number of ether oxygens (including phenoxy) is 1. The van der Waals surface area contributed by atoms with E-state index >= 15 is 0 Å². The fourth-order valence-corrected chi connectivity index (χ4v) is 2.18. The maximum Gasteiger partial charge on any atom is 0.358 e. The molecule has 0 spiro atoms. The van der Waals surface area contributed by atoms with E-state index in [1.54, 1.807) is 5.32 Å². The third kappa shape index (κ3) is 3.19. The lowest BCUT2D eigenvalue weighted by molar-refractivity contribution is -0.184. The van der Waals surface area contributed by atoms with Crippen LogP contribution in [0, 0.1) is 0 Å². The van der Waals surface area contributed by atoms with E-state index in [9.17, 15) is 18.8 Å². The first kappa shape index (κ1) is 16.2. The number of imide groups is 1. The number of hydroxylamine groups is 1. The van der Waals surface area contributed by atoms with Crippen LogP contribution in [-0.4, -0.2) is 36.4 Å². The minimum atomic E-state index is -3.16. The van der Waals surface area contributed by atoms with Gasteiger partial charge < -0.3 is 10.1 Å². The number of alkyl halides is 1. The minimum Gasteiger partial charge on any atom is -0.463 e. The standard InChI is InChI=1S/C13H18FN3O5/c1-2-21-11(19)13(14)9(18)15-12(20)16-10(13)22-17-8-6-4-3-5-7-8/h6,10,17H,2-5,7H2,1H3,(H2,15,16,18,20). The van der Waals surface area contributed by atoms with Crippen LogP contribution < -0.4 is 16.1 Å². The molecule has 22 heavy (non-hydrogen) atoms. The third-order valence-electron chi connectivity index (χ3n) is 3.35. The van der Waals surface area contributed by atoms with Gasteiger partial charge in [0.15, 0.2) is 0 Å². The zero-order chi connectivity index (χ0) is 16.2. The number of hydrogen-bond donors (Lipinski definition) is 3. The molecule has 1 fully saturated rings. The molecule has 0 radical (unpaired) electrons. The molecule has 1 aliphatic carbocycles. The molecule has 9 heteroatoms. The van der Waals surface area contributed by atoms with E-state index in [0.29, 0.717) is 12.1 Å². The molecule has 0 aromatic rings. The molecule has 2 atom stereocenters. The predicted molar refractivity (Wildman–Crippen MR) is 71.7 cm³/mol. The van der Waals surface area contributed by atoms with Crippen molar-refractivity contribution in [1.82, 2.24) is 16.1 Å². The quantitative estimate of drug-likeness (QED) is 0.385. The van der Waals surface area contributed by atoms with Gasteiger partial charge in [-0.05, 0) is 32.6 Å². The largest absolute Gasteiger partial charge is 0.463 e. The van der Waals surface area contributed by atoms with Gasteiger partial charge >= 0.3 is 17.7 Å². The topological polar surface area (TPSA) is 106 Å². The fourth-order valence-electron chi connectivity index (χ4n) is 2.18. The number of urea groups is 1. The van der Waals surface area contributed by atoms with Gasteiger partial charge in [0, 0.05) is 5.70 Å². The first-order chi connectivity index (χ1) is 10.5. The van der Waals surface area contributed by atoms with Crippen LogP contribution in [0.5, 0.6) is 0 Å². The SMILES string of the molecule is CCOC(=O)C1(F)C(=O)NC(=O)NC1ONC1=CCCCC1. The predicted octanol–water partition coefficient (Wildman–Crippen LogP) is 0.402. The van der Waals surface area contributed by atoms with Gasteiger partial charge in [0.25, 0.3) is 5.91 Å². The molecule has 0 aromatic heterocycles. The van der Waals surface area contributed by atoms with Crippen molar-refractivity contribution < 1.29 is 28.3 Å². The summed E-state index contributed by atoms with van der Waals surface area (Å²) in [5.41, 5.74) is 0.0488. The van der Waals surface area contributed by atoms with Crippen LogP contribution in [0.3, 0.4) is 0 Å². The van der Waals surface area contributed by atoms with Gasteiger partial charge in [-0.15, -0.1) is 0 Å². The summed E-state index contributed by atoms with van der Waals surface area (Å²) in [6.07, 6.45) is 3.59. The summed E-state index contributed by atoms with van der Waals surface area (Å²) in [5.74, 6) is -2.84. The van der Waals surface area contributed by atoms with Gasteiger partial charge in [0.1, 0.15) is 0 Å². The highest BCUT2D eigenvalue weighted by molar-refractivity contribution is 6.14. The Kier molecular flexibility index (Phi) is 4.96. The van der Waals surface area contributed by atoms with Crippen LogP contribution in [0.15, 0.2) is 11.8 Å². The normalized spacial score (nSPS) is 28.3. The zero-order valence-electron chi connectivity index (χ0n) is 12.1. The Bertz CT molecular complexity index is 510. The van der Waals surface area contributed by atoms with E-state index in [4.69, 9.17) is 4.84 Å². The fraction of sp³-hybridized carbons (Fsp3) is 0.615. The number of esters is 1. The van der Waals surface area contributed by atoms with Crippen LogP contribution in [0.25, 0.3) is 0 Å². The molecule has 8 nitrogen and oxygen atoms in total. The van der Waals surface area contributed by atoms with Crippen molar-refractivity contribution in [2.75, 3.05) is 6.61 Å². The van der Waals surface area contributed by atoms with Crippen molar-refractivity contribution in [1.29, 1.82) is 0 Å². The molecule has 2 aliphatic rings. The van der Waals surface area contributed by atoms with Crippen molar-refractivity contribution in [3.05, 3.63) is 11.8 Å². The second kappa shape index (κ2) is 6.73. The zero-order valence-corrected chi connectivity index (χ0v) is 12.1. The van der Waals surface area contributed by atoms with Crippen LogP contribution in [-0.2, 0) is 19.2 Å². The first-order valence-corrected chi connectivity index (χ1v) is 7.07. The first-order valence-electron chi connectivity index (χ1n) is 7.07. The van der Waals surface area contributed by atoms with Gasteiger partial charge in [0.05, 0.1) is 6.61 Å². The molecule has 122 valence electrons. The van der Waals surface area contributed by atoms with E-state index in [0.717, 1.165) is 19.3 Å². The number of halogens is 1. The van der Waals surface area contributed by atoms with E-state index in [2.05, 4.69) is 15.5 Å². The van der Waals surface area contributed by atoms with Gasteiger partial charge in [-0.3, -0.25) is 15.6 Å². The number of amides is 3. The summed E-state index contributed by atoms with van der Waals surface area (Å²) in [4.78, 5) is 39.9. The summed E-state index contributed by atoms with van der Waals surface area (Å²) >= 11 is 0. The van der Waals surface area contributed by atoms with E-state index in [1.165, 1.54) is 6.92 Å². The van der Waals surface area contributed by atoms with Gasteiger partial charge in [0.2, 0.25) is 6.23 Å². The summed E-state index contributed by atoms with van der Waals surface area (Å²) < 4.78 is 19.4. The van der Waals surface area contributed by atoms with Gasteiger partial charge in [-0.1, -0.05) is 6.08 Å². The van der Waals surface area contributed by atoms with Gasteiger partial charge in [-0.2, -0.15) is 0 Å². The number of carbonyl (C=O) groups is 3. The Labute approximate surface area is 126 Å². The lowest BCUT2D eigenvalue weighted by atomic mass is 10.0. The monoisotopic (exact) mass is 315 g/mol. The lowest BCUT2D eigenvalue weighted by Crippen LogP contribution is -2.71. The Hall–Kier alpha value is -2.16. The summed E-state index contributed by atoms with van der Waals surface area (Å²) in [6, 6.07) is -0.952. The second-order valence-corrected chi connectivity index (χ2v) is 4.93. The molecule has 2 rings (SSSR count). The Morgan fingerprint density at radius 2 is 2.27 bits per heavy atom. The molecular formula is C13H18FN3O5. The van der Waals surface area contributed by atoms with Crippen LogP contribution in [0.2, 0.25) is 0 Å². The number of hydrogen-bond acceptors (Lipinski definition) is 6. The maximum absolute atomic E-state index is 14.9. The summed E-state index contributed by atoms with van der Waals surface area (Å²) in [5, 5.41) is 3.75. The molecule has 3 N–H and O–H groups in total. The maximum atomic E-state index is 14.9. The van der Waals surface area contributed by atoms with Gasteiger partial charge in [-0.25, -0.2) is 18.8 Å². The number of rotatable bonds is 5. The molecule has 0 saturated carbocycles. The lowest BCUT2D eigenvalue weighted by Gasteiger charge is -2.34. The van der Waals surface area contributed by atoms with Crippen molar-refractivity contribution in [3.63, 3.8) is 0 Å². The van der Waals surface area contributed by atoms with E-state index in [-0.39, 0.29) is 6.61 Å². The molecule has 1 saturated heterocycles. The molecule has 1 aliphatic heterocycles. The summed E-state index contributed by atoms with van der Waals surface area (Å²) in [6.45, 7) is 1.36. The Balaban J connectivity index is 2.12. The molecule has 2 unspecified atom stereocenters. The third-order valence-corrected chi connectivity index (χ3v) is 3.35. The van der Waals surface area contributed by atoms with Crippen molar-refractivity contribution in [3.8, 4) is 0 Å². The number of carbonyl (C=O) groups excluding carboxylic acids is 3. The molecule has 3 amide bonds. The Morgan fingerprint density at radius 1 is 1.50 bits per heavy atom. The summed E-state index contributed by atoms with van der Waals surface area (Å²) in [7, 11) is 0. The molecular weight excluding hydrogens is 297 g/mol. The van der Waals surface area contributed by atoms with Crippen LogP contribution >= 0.6 is 0 Å². The van der Waals surface area contributed by atoms with Crippen molar-refractivity contribution >= 4 is 17.9 Å². The minimum absolute atomic E-state index is 0.114. The van der Waals surface area contributed by atoms with Crippen LogP contribution in [0.1, 0.15) is 32.6 Å². The molecule has 0 aromatic carbocycles. The highest BCUT2D eigenvalue weighted by Crippen LogP contribution is 2.24. The molecule has 1 heterocycles. The highest BCUT2D eigenvalue weighted by Gasteiger charge is 2.60. The Morgan fingerprint density at radius 3 is 2.91 bits per heavy atom. The van der Waals surface area contributed by atoms with Crippen molar-refractivity contribution in [2.45, 2.75) is 44.5 Å². The average molecular weight is 315 g/mol. The van der Waals surface area contributed by atoms with E-state index < -0.39 is 29.8 Å². The van der Waals surface area contributed by atoms with E-state index in [1.807, 2.05) is 6.08 Å². The average Bonchev–Trinajstić information content (AvgIpc) is 2.50. The second-order valence-electron chi connectivity index (χ2n) is 4.93. The number of allylic oxidation sites excluding steroid dienone is 2. The molecule has 0 bridgehead atoms. The van der Waals surface area contributed by atoms with Crippen LogP contribution in [0.4, 0.5) is 9.18 Å². The smallest absolute Gasteiger partial charge is 0.358 e. The highest BCUT2D eigenvalue weighted by atomic mass is 19.1. The number of nitrogens with one attached hydrogen (secondary N) is 3. The van der Waals surface area contributed by atoms with Crippen molar-refractivity contribution in [2.24, 2.45) is 0 Å².